The summed E-state index contributed by atoms with van der Waals surface area (Å²) in [5, 5.41) is 0. The molecule has 5 heteroatoms. The minimum atomic E-state index is -0.226. The first kappa shape index (κ1) is 24.8. The first-order chi connectivity index (χ1) is 17.3. The van der Waals surface area contributed by atoms with Crippen molar-refractivity contribution in [3.05, 3.63) is 97.1 Å². The topological polar surface area (TPSA) is 40.2 Å². The number of benzene rings is 3. The molecule has 0 aromatic heterocycles. The van der Waals surface area contributed by atoms with Crippen molar-refractivity contribution >= 4 is 11.4 Å². The zero-order valence-electron chi connectivity index (χ0n) is 20.5. The molecular formula is C30H35NO4. The van der Waals surface area contributed by atoms with Gasteiger partial charge in [-0.15, -0.1) is 6.58 Å². The number of anilines is 2. The fourth-order valence-electron chi connectivity index (χ4n) is 4.26. The summed E-state index contributed by atoms with van der Waals surface area (Å²) in [5.41, 5.74) is 3.33. The Kier molecular flexibility index (Phi) is 9.21. The van der Waals surface area contributed by atoms with Gasteiger partial charge in [0.05, 0.1) is 13.7 Å². The van der Waals surface area contributed by atoms with Crippen molar-refractivity contribution in [2.24, 2.45) is 0 Å². The summed E-state index contributed by atoms with van der Waals surface area (Å²) in [7, 11) is 1.66. The number of nitrogens with zero attached hydrogens (tertiary/aromatic N) is 1. The summed E-state index contributed by atoms with van der Waals surface area (Å²) < 4.78 is 24.3. The van der Waals surface area contributed by atoms with Gasteiger partial charge in [-0.05, 0) is 67.6 Å². The molecule has 5 nitrogen and oxygen atoms in total. The Morgan fingerprint density at radius 3 is 2.29 bits per heavy atom. The summed E-state index contributed by atoms with van der Waals surface area (Å²) in [6.07, 6.45) is 5.30. The number of hydrogen-bond donors (Lipinski definition) is 0. The van der Waals surface area contributed by atoms with Crippen molar-refractivity contribution in [3.63, 3.8) is 0 Å². The summed E-state index contributed by atoms with van der Waals surface area (Å²) in [6.45, 7) is 5.54. The van der Waals surface area contributed by atoms with E-state index < -0.39 is 0 Å². The van der Waals surface area contributed by atoms with Crippen molar-refractivity contribution in [2.45, 2.75) is 38.1 Å². The lowest BCUT2D eigenvalue weighted by atomic mass is 10.1. The standard InChI is InChI=1S/C30H35NO4/c1-3-12-24-18-19-28(29(21-24)32-2)34-23-27(35-30-17-10-11-20-33-30)22-31(25-13-6-4-7-14-25)26-15-8-5-9-16-26/h3-9,13-16,18-19,21,27,30H,1,10-12,17,20,22-23H2,2H3. The Hall–Kier alpha value is -3.28. The molecule has 2 unspecified atom stereocenters. The molecule has 0 spiro atoms. The smallest absolute Gasteiger partial charge is 0.161 e. The molecule has 3 aromatic rings. The van der Waals surface area contributed by atoms with Crippen LogP contribution in [0, 0.1) is 0 Å². The van der Waals surface area contributed by atoms with Crippen molar-refractivity contribution < 1.29 is 18.9 Å². The van der Waals surface area contributed by atoms with Crippen LogP contribution >= 0.6 is 0 Å². The van der Waals surface area contributed by atoms with Crippen LogP contribution in [0.25, 0.3) is 0 Å². The predicted octanol–water partition coefficient (Wildman–Crippen LogP) is 6.55. The van der Waals surface area contributed by atoms with Gasteiger partial charge in [-0.25, -0.2) is 0 Å². The van der Waals surface area contributed by atoms with Gasteiger partial charge in [0, 0.05) is 18.0 Å². The summed E-state index contributed by atoms with van der Waals surface area (Å²) >= 11 is 0. The summed E-state index contributed by atoms with van der Waals surface area (Å²) in [6, 6.07) is 26.7. The van der Waals surface area contributed by atoms with Crippen LogP contribution in [0.1, 0.15) is 24.8 Å². The number of hydrogen-bond acceptors (Lipinski definition) is 5. The third kappa shape index (κ3) is 7.10. The second-order valence-electron chi connectivity index (χ2n) is 8.62. The lowest BCUT2D eigenvalue weighted by molar-refractivity contribution is -0.190. The Bertz CT molecular complexity index is 995. The quantitative estimate of drug-likeness (QED) is 0.279. The van der Waals surface area contributed by atoms with Gasteiger partial charge in [0.15, 0.2) is 17.8 Å². The number of allylic oxidation sites excluding steroid dienone is 1. The maximum Gasteiger partial charge on any atom is 0.161 e. The third-order valence-electron chi connectivity index (χ3n) is 6.04. The molecule has 2 atom stereocenters. The SMILES string of the molecule is C=CCc1ccc(OCC(CN(c2ccccc2)c2ccccc2)OC2CCCCO2)c(OC)c1. The van der Waals surface area contributed by atoms with Crippen LogP contribution in [0.15, 0.2) is 91.5 Å². The van der Waals surface area contributed by atoms with E-state index in [0.717, 1.165) is 49.2 Å². The largest absolute Gasteiger partial charge is 0.493 e. The van der Waals surface area contributed by atoms with Gasteiger partial charge in [0.1, 0.15) is 12.7 Å². The van der Waals surface area contributed by atoms with Gasteiger partial charge in [-0.3, -0.25) is 0 Å². The molecule has 3 aromatic carbocycles. The van der Waals surface area contributed by atoms with Gasteiger partial charge >= 0.3 is 0 Å². The van der Waals surface area contributed by atoms with E-state index in [2.05, 4.69) is 60.0 Å². The lowest BCUT2D eigenvalue weighted by Crippen LogP contribution is -2.39. The van der Waals surface area contributed by atoms with Crippen LogP contribution in [0.4, 0.5) is 11.4 Å². The van der Waals surface area contributed by atoms with E-state index in [1.807, 2.05) is 36.4 Å². The van der Waals surface area contributed by atoms with Crippen LogP contribution in [-0.4, -0.2) is 39.3 Å². The highest BCUT2D eigenvalue weighted by molar-refractivity contribution is 5.63. The second-order valence-corrected chi connectivity index (χ2v) is 8.62. The molecule has 0 amide bonds. The van der Waals surface area contributed by atoms with Crippen molar-refractivity contribution in [1.29, 1.82) is 0 Å². The monoisotopic (exact) mass is 473 g/mol. The molecule has 0 aliphatic carbocycles. The molecular weight excluding hydrogens is 438 g/mol. The first-order valence-electron chi connectivity index (χ1n) is 12.3. The molecule has 0 saturated carbocycles. The van der Waals surface area contributed by atoms with Crippen molar-refractivity contribution in [3.8, 4) is 11.5 Å². The van der Waals surface area contributed by atoms with Gasteiger partial charge in [0.2, 0.25) is 0 Å². The van der Waals surface area contributed by atoms with E-state index in [1.54, 1.807) is 7.11 Å². The van der Waals surface area contributed by atoms with Gasteiger partial charge in [-0.2, -0.15) is 0 Å². The molecule has 1 aliphatic heterocycles. The van der Waals surface area contributed by atoms with E-state index in [1.165, 1.54) is 0 Å². The van der Waals surface area contributed by atoms with Crippen molar-refractivity contribution in [1.82, 2.24) is 0 Å². The molecule has 4 rings (SSSR count). The third-order valence-corrected chi connectivity index (χ3v) is 6.04. The second kappa shape index (κ2) is 13.0. The van der Waals surface area contributed by atoms with E-state index >= 15 is 0 Å². The maximum atomic E-state index is 6.48. The van der Waals surface area contributed by atoms with Crippen molar-refractivity contribution in [2.75, 3.05) is 31.8 Å². The van der Waals surface area contributed by atoms with Crippen LogP contribution in [0.3, 0.4) is 0 Å². The average molecular weight is 474 g/mol. The fraction of sp³-hybridized carbons (Fsp3) is 0.333. The Morgan fingerprint density at radius 1 is 0.971 bits per heavy atom. The number of ether oxygens (including phenoxy) is 4. The maximum absolute atomic E-state index is 6.48. The van der Waals surface area contributed by atoms with E-state index in [4.69, 9.17) is 18.9 Å². The zero-order chi connectivity index (χ0) is 24.3. The molecule has 1 fully saturated rings. The highest BCUT2D eigenvalue weighted by Crippen LogP contribution is 2.30. The minimum Gasteiger partial charge on any atom is -0.493 e. The molecule has 1 heterocycles. The first-order valence-corrected chi connectivity index (χ1v) is 12.3. The molecule has 35 heavy (non-hydrogen) atoms. The average Bonchev–Trinajstić information content (AvgIpc) is 2.92. The highest BCUT2D eigenvalue weighted by Gasteiger charge is 2.24. The normalized spacial score (nSPS) is 16.3. The Morgan fingerprint density at radius 2 is 1.69 bits per heavy atom. The predicted molar refractivity (Wildman–Crippen MR) is 141 cm³/mol. The van der Waals surface area contributed by atoms with Gasteiger partial charge in [0.25, 0.3) is 0 Å². The summed E-state index contributed by atoms with van der Waals surface area (Å²) in [4.78, 5) is 2.27. The zero-order valence-corrected chi connectivity index (χ0v) is 20.5. The molecule has 0 bridgehead atoms. The number of rotatable bonds is 12. The number of methoxy groups -OCH3 is 1. The minimum absolute atomic E-state index is 0.220. The van der Waals surface area contributed by atoms with Gasteiger partial charge < -0.3 is 23.8 Å². The highest BCUT2D eigenvalue weighted by atomic mass is 16.7. The lowest BCUT2D eigenvalue weighted by Gasteiger charge is -2.33. The van der Waals surface area contributed by atoms with Crippen LogP contribution in [-0.2, 0) is 15.9 Å². The van der Waals surface area contributed by atoms with Gasteiger partial charge in [-0.1, -0.05) is 48.5 Å². The fourth-order valence-corrected chi connectivity index (χ4v) is 4.26. The molecule has 184 valence electrons. The molecule has 0 N–H and O–H groups in total. The van der Waals surface area contributed by atoms with Crippen LogP contribution in [0.2, 0.25) is 0 Å². The van der Waals surface area contributed by atoms with Crippen LogP contribution < -0.4 is 14.4 Å². The van der Waals surface area contributed by atoms with E-state index in [-0.39, 0.29) is 12.4 Å². The molecule has 0 radical (unpaired) electrons. The molecule has 1 aliphatic rings. The summed E-state index contributed by atoms with van der Waals surface area (Å²) in [5.74, 6) is 1.41. The Balaban J connectivity index is 1.55. The Labute approximate surface area is 208 Å². The number of para-hydroxylation sites is 2. The van der Waals surface area contributed by atoms with E-state index in [0.29, 0.717) is 24.7 Å². The van der Waals surface area contributed by atoms with E-state index in [9.17, 15) is 0 Å². The van der Waals surface area contributed by atoms with Crippen LogP contribution in [0.5, 0.6) is 11.5 Å². The molecule has 1 saturated heterocycles.